The van der Waals surface area contributed by atoms with E-state index in [0.717, 1.165) is 13.0 Å². The summed E-state index contributed by atoms with van der Waals surface area (Å²) in [5.74, 6) is 0.0370. The molecule has 1 aliphatic rings. The minimum absolute atomic E-state index is 0.0217. The summed E-state index contributed by atoms with van der Waals surface area (Å²) in [5.41, 5.74) is 1.26. The maximum Gasteiger partial charge on any atom is 0.236 e. The van der Waals surface area contributed by atoms with Crippen LogP contribution in [0, 0.1) is 0 Å². The quantitative estimate of drug-likeness (QED) is 0.864. The van der Waals surface area contributed by atoms with Gasteiger partial charge >= 0.3 is 0 Å². The summed E-state index contributed by atoms with van der Waals surface area (Å²) < 4.78 is 0. The maximum absolute atomic E-state index is 12.0. The second kappa shape index (κ2) is 6.16. The fourth-order valence-electron chi connectivity index (χ4n) is 2.01. The van der Waals surface area contributed by atoms with Crippen molar-refractivity contribution >= 4 is 23.2 Å². The molecule has 0 aliphatic carbocycles. The van der Waals surface area contributed by atoms with Crippen LogP contribution in [0.25, 0.3) is 0 Å². The van der Waals surface area contributed by atoms with Gasteiger partial charge in [-0.3, -0.25) is 14.9 Å². The van der Waals surface area contributed by atoms with E-state index >= 15 is 0 Å². The number of nitrogens with zero attached hydrogens (tertiary/aromatic N) is 2. The lowest BCUT2D eigenvalue weighted by molar-refractivity contribution is -0.131. The van der Waals surface area contributed by atoms with Crippen LogP contribution in [0.3, 0.4) is 0 Å². The molecule has 1 aliphatic heterocycles. The molecule has 2 heterocycles. The van der Waals surface area contributed by atoms with E-state index in [-0.39, 0.29) is 24.9 Å². The van der Waals surface area contributed by atoms with Gasteiger partial charge < -0.3 is 9.80 Å². The van der Waals surface area contributed by atoms with Gasteiger partial charge in [-0.2, -0.15) is 0 Å². The Kier molecular flexibility index (Phi) is 4.55. The third kappa shape index (κ3) is 3.54. The largest absolute Gasteiger partial charge is 0.348 e. The molecule has 104 valence electrons. The minimum atomic E-state index is -0.0217. The Hall–Kier alpha value is -1.40. The molecule has 0 unspecified atom stereocenters. The monoisotopic (exact) mass is 281 g/mol. The predicted molar refractivity (Wildman–Crippen MR) is 75.0 cm³/mol. The Labute approximate surface area is 117 Å². The number of nitrogens with one attached hydrogen (secondary N) is 1. The van der Waals surface area contributed by atoms with E-state index in [2.05, 4.69) is 16.8 Å². The summed E-state index contributed by atoms with van der Waals surface area (Å²) in [6, 6.07) is 2.09. The number of amides is 2. The molecular formula is C13H19N3O2S. The molecule has 1 aromatic heterocycles. The van der Waals surface area contributed by atoms with Crippen LogP contribution in [0.15, 0.2) is 11.4 Å². The first kappa shape index (κ1) is 14.0. The fourth-order valence-corrected chi connectivity index (χ4v) is 2.90. The minimum Gasteiger partial charge on any atom is -0.348 e. The number of hydrogen-bond donors (Lipinski definition) is 1. The molecule has 0 fully saturated rings. The van der Waals surface area contributed by atoms with Crippen LogP contribution in [0.4, 0.5) is 0 Å². The highest BCUT2D eigenvalue weighted by Gasteiger charge is 2.21. The molecule has 6 heteroatoms. The van der Waals surface area contributed by atoms with Crippen molar-refractivity contribution in [2.45, 2.75) is 13.0 Å². The zero-order valence-electron chi connectivity index (χ0n) is 11.3. The van der Waals surface area contributed by atoms with E-state index in [0.29, 0.717) is 6.54 Å². The van der Waals surface area contributed by atoms with Crippen molar-refractivity contribution < 1.29 is 9.59 Å². The highest BCUT2D eigenvalue weighted by molar-refractivity contribution is 7.10. The SMILES string of the molecule is CN(C)C(=O)CNCC(=O)N1CCc2sccc2C1. The fraction of sp³-hybridized carbons (Fsp3) is 0.538. The van der Waals surface area contributed by atoms with E-state index in [1.54, 1.807) is 25.4 Å². The highest BCUT2D eigenvalue weighted by Crippen LogP contribution is 2.23. The zero-order chi connectivity index (χ0) is 13.8. The normalized spacial score (nSPS) is 14.1. The first-order chi connectivity index (χ1) is 9.08. The van der Waals surface area contributed by atoms with Gasteiger partial charge in [-0.25, -0.2) is 0 Å². The Morgan fingerprint density at radius 3 is 2.95 bits per heavy atom. The molecular weight excluding hydrogens is 262 g/mol. The van der Waals surface area contributed by atoms with Crippen LogP contribution in [-0.4, -0.2) is 55.3 Å². The van der Waals surface area contributed by atoms with Gasteiger partial charge in [0.2, 0.25) is 11.8 Å². The lowest BCUT2D eigenvalue weighted by Crippen LogP contribution is -2.43. The van der Waals surface area contributed by atoms with E-state index in [1.165, 1.54) is 15.3 Å². The second-order valence-corrected chi connectivity index (χ2v) is 5.83. The van der Waals surface area contributed by atoms with Gasteiger partial charge in [0.15, 0.2) is 0 Å². The summed E-state index contributed by atoms with van der Waals surface area (Å²) in [5, 5.41) is 4.98. The molecule has 0 radical (unpaired) electrons. The lowest BCUT2D eigenvalue weighted by atomic mass is 10.1. The molecule has 0 saturated carbocycles. The topological polar surface area (TPSA) is 52.7 Å². The number of hydrogen-bond acceptors (Lipinski definition) is 4. The molecule has 19 heavy (non-hydrogen) atoms. The van der Waals surface area contributed by atoms with Crippen LogP contribution in [0.5, 0.6) is 0 Å². The molecule has 5 nitrogen and oxygen atoms in total. The van der Waals surface area contributed by atoms with Crippen LogP contribution in [0.1, 0.15) is 10.4 Å². The molecule has 1 N–H and O–H groups in total. The molecule has 0 atom stereocenters. The van der Waals surface area contributed by atoms with E-state index in [1.807, 2.05) is 4.90 Å². The van der Waals surface area contributed by atoms with Gasteiger partial charge in [-0.15, -0.1) is 11.3 Å². The maximum atomic E-state index is 12.0. The molecule has 0 saturated heterocycles. The number of thiophene rings is 1. The average molecular weight is 281 g/mol. The summed E-state index contributed by atoms with van der Waals surface area (Å²) in [6.45, 7) is 1.89. The van der Waals surface area contributed by atoms with Crippen molar-refractivity contribution in [2.24, 2.45) is 0 Å². The molecule has 0 bridgehead atoms. The first-order valence-electron chi connectivity index (χ1n) is 6.32. The van der Waals surface area contributed by atoms with Crippen LogP contribution in [-0.2, 0) is 22.6 Å². The Morgan fingerprint density at radius 1 is 1.42 bits per heavy atom. The smallest absolute Gasteiger partial charge is 0.236 e. The molecule has 2 amide bonds. The van der Waals surface area contributed by atoms with E-state index in [4.69, 9.17) is 0 Å². The summed E-state index contributed by atoms with van der Waals surface area (Å²) >= 11 is 1.76. The summed E-state index contributed by atoms with van der Waals surface area (Å²) in [6.07, 6.45) is 0.940. The zero-order valence-corrected chi connectivity index (χ0v) is 12.1. The summed E-state index contributed by atoms with van der Waals surface area (Å²) in [7, 11) is 3.41. The van der Waals surface area contributed by atoms with Gasteiger partial charge in [0.25, 0.3) is 0 Å². The van der Waals surface area contributed by atoms with Crippen molar-refractivity contribution in [1.29, 1.82) is 0 Å². The van der Waals surface area contributed by atoms with E-state index < -0.39 is 0 Å². The lowest BCUT2D eigenvalue weighted by Gasteiger charge is -2.27. The number of likely N-dealkylation sites (N-methyl/N-ethyl adjacent to an activating group) is 1. The Bertz CT molecular complexity index is 470. The number of fused-ring (bicyclic) bond motifs is 1. The average Bonchev–Trinajstić information content (AvgIpc) is 2.85. The van der Waals surface area contributed by atoms with Crippen molar-refractivity contribution in [3.63, 3.8) is 0 Å². The van der Waals surface area contributed by atoms with Crippen molar-refractivity contribution in [3.8, 4) is 0 Å². The van der Waals surface area contributed by atoms with Gasteiger partial charge in [-0.1, -0.05) is 0 Å². The highest BCUT2D eigenvalue weighted by atomic mass is 32.1. The predicted octanol–water partition coefficient (Wildman–Crippen LogP) is 0.311. The molecule has 0 spiro atoms. The second-order valence-electron chi connectivity index (χ2n) is 4.83. The van der Waals surface area contributed by atoms with Gasteiger partial charge in [-0.05, 0) is 23.4 Å². The first-order valence-corrected chi connectivity index (χ1v) is 7.20. The third-order valence-corrected chi connectivity index (χ3v) is 4.23. The third-order valence-electron chi connectivity index (χ3n) is 3.21. The van der Waals surface area contributed by atoms with Crippen LogP contribution < -0.4 is 5.32 Å². The van der Waals surface area contributed by atoms with Crippen molar-refractivity contribution in [3.05, 3.63) is 21.9 Å². The van der Waals surface area contributed by atoms with Crippen molar-refractivity contribution in [1.82, 2.24) is 15.1 Å². The Morgan fingerprint density at radius 2 is 2.21 bits per heavy atom. The van der Waals surface area contributed by atoms with Gasteiger partial charge in [0.05, 0.1) is 13.1 Å². The van der Waals surface area contributed by atoms with E-state index in [9.17, 15) is 9.59 Å². The van der Waals surface area contributed by atoms with Crippen molar-refractivity contribution in [2.75, 3.05) is 33.7 Å². The molecule has 2 rings (SSSR count). The van der Waals surface area contributed by atoms with Crippen LogP contribution in [0.2, 0.25) is 0 Å². The number of carbonyl (C=O) groups excluding carboxylic acids is 2. The molecule has 1 aromatic rings. The van der Waals surface area contributed by atoms with Gasteiger partial charge in [0, 0.05) is 32.1 Å². The number of carbonyl (C=O) groups is 2. The standard InChI is InChI=1S/C13H19N3O2S/c1-15(2)12(17)7-14-8-13(18)16-5-3-11-10(9-16)4-6-19-11/h4,6,14H,3,5,7-9H2,1-2H3. The Balaban J connectivity index is 1.77. The summed E-state index contributed by atoms with van der Waals surface area (Å²) in [4.78, 5) is 28.1. The number of rotatable bonds is 4. The van der Waals surface area contributed by atoms with Gasteiger partial charge in [0.1, 0.15) is 0 Å². The molecule has 0 aromatic carbocycles. The van der Waals surface area contributed by atoms with Crippen LogP contribution >= 0.6 is 11.3 Å².